The van der Waals surface area contributed by atoms with Crippen molar-refractivity contribution in [2.75, 3.05) is 6.54 Å². The van der Waals surface area contributed by atoms with E-state index in [1.807, 2.05) is 12.1 Å². The fourth-order valence-corrected chi connectivity index (χ4v) is 4.00. The highest BCUT2D eigenvalue weighted by atomic mass is 32.2. The van der Waals surface area contributed by atoms with Gasteiger partial charge in [0.1, 0.15) is 0 Å². The molecular formula is C15H22N2O2S. The van der Waals surface area contributed by atoms with Crippen molar-refractivity contribution in [1.82, 2.24) is 5.32 Å². The van der Waals surface area contributed by atoms with Gasteiger partial charge in [0, 0.05) is 6.04 Å². The Balaban J connectivity index is 1.49. The maximum atomic E-state index is 11.2. The van der Waals surface area contributed by atoms with Crippen LogP contribution in [0.2, 0.25) is 0 Å². The quantitative estimate of drug-likeness (QED) is 0.870. The zero-order chi connectivity index (χ0) is 14.2. The van der Waals surface area contributed by atoms with E-state index in [1.165, 1.54) is 32.1 Å². The normalized spacial score (nSPS) is 24.1. The van der Waals surface area contributed by atoms with Crippen molar-refractivity contribution in [2.45, 2.75) is 49.5 Å². The van der Waals surface area contributed by atoms with E-state index in [0.29, 0.717) is 11.5 Å². The molecule has 110 valence electrons. The minimum atomic E-state index is -3.58. The van der Waals surface area contributed by atoms with E-state index in [-0.39, 0.29) is 4.90 Å². The first-order chi connectivity index (χ1) is 9.50. The summed E-state index contributed by atoms with van der Waals surface area (Å²) in [5.41, 5.74) is 1.78. The molecule has 1 spiro atoms. The van der Waals surface area contributed by atoms with Crippen LogP contribution in [0.4, 0.5) is 0 Å². The summed E-state index contributed by atoms with van der Waals surface area (Å²) in [6.45, 7) is 0.959. The molecule has 1 aromatic rings. The Bertz CT molecular complexity index is 571. The minimum Gasteiger partial charge on any atom is -0.313 e. The Kier molecular flexibility index (Phi) is 3.60. The molecule has 0 amide bonds. The highest BCUT2D eigenvalue weighted by Crippen LogP contribution is 2.55. The minimum absolute atomic E-state index is 0.182. The number of nitrogens with one attached hydrogen (secondary N) is 1. The molecule has 1 atom stereocenters. The predicted octanol–water partition coefficient (Wildman–Crippen LogP) is 1.80. The molecule has 0 aliphatic heterocycles. The van der Waals surface area contributed by atoms with Gasteiger partial charge in [-0.05, 0) is 61.8 Å². The van der Waals surface area contributed by atoms with Gasteiger partial charge in [-0.25, -0.2) is 13.6 Å². The largest absolute Gasteiger partial charge is 0.313 e. The molecule has 2 saturated carbocycles. The van der Waals surface area contributed by atoms with Crippen LogP contribution >= 0.6 is 0 Å². The van der Waals surface area contributed by atoms with Crippen molar-refractivity contribution in [1.29, 1.82) is 0 Å². The van der Waals surface area contributed by atoms with Crippen molar-refractivity contribution in [2.24, 2.45) is 10.6 Å². The maximum absolute atomic E-state index is 11.2. The van der Waals surface area contributed by atoms with Gasteiger partial charge in [0.2, 0.25) is 10.0 Å². The summed E-state index contributed by atoms with van der Waals surface area (Å²) in [5, 5.41) is 8.75. The van der Waals surface area contributed by atoms with Gasteiger partial charge in [-0.2, -0.15) is 0 Å². The number of benzene rings is 1. The summed E-state index contributed by atoms with van der Waals surface area (Å²) < 4.78 is 22.3. The van der Waals surface area contributed by atoms with Gasteiger partial charge in [0.05, 0.1) is 4.90 Å². The average molecular weight is 294 g/mol. The second-order valence-electron chi connectivity index (χ2n) is 6.20. The molecule has 4 nitrogen and oxygen atoms in total. The number of rotatable bonds is 5. The van der Waals surface area contributed by atoms with E-state index in [0.717, 1.165) is 18.5 Å². The van der Waals surface area contributed by atoms with E-state index in [1.54, 1.807) is 12.1 Å². The van der Waals surface area contributed by atoms with E-state index in [2.05, 4.69) is 5.32 Å². The van der Waals surface area contributed by atoms with Gasteiger partial charge in [0.15, 0.2) is 0 Å². The Labute approximate surface area is 120 Å². The monoisotopic (exact) mass is 294 g/mol. The lowest BCUT2D eigenvalue weighted by molar-refractivity contribution is -0.0168. The van der Waals surface area contributed by atoms with Gasteiger partial charge in [-0.1, -0.05) is 18.6 Å². The fourth-order valence-electron chi connectivity index (χ4n) is 3.48. The van der Waals surface area contributed by atoms with Crippen molar-refractivity contribution in [3.8, 4) is 0 Å². The number of hydrogen-bond donors (Lipinski definition) is 2. The molecule has 0 saturated heterocycles. The molecule has 2 aliphatic rings. The molecule has 20 heavy (non-hydrogen) atoms. The van der Waals surface area contributed by atoms with Crippen LogP contribution in [0, 0.1) is 5.41 Å². The molecule has 0 aromatic heterocycles. The van der Waals surface area contributed by atoms with Crippen LogP contribution in [-0.2, 0) is 16.4 Å². The lowest BCUT2D eigenvalue weighted by Gasteiger charge is -2.56. The summed E-state index contributed by atoms with van der Waals surface area (Å²) in [5.74, 6) is 0. The second kappa shape index (κ2) is 5.13. The van der Waals surface area contributed by atoms with E-state index >= 15 is 0 Å². The van der Waals surface area contributed by atoms with Crippen molar-refractivity contribution < 1.29 is 8.42 Å². The Hall–Kier alpha value is -0.910. The molecule has 1 aromatic carbocycles. The third kappa shape index (κ3) is 2.62. The molecule has 0 bridgehead atoms. The van der Waals surface area contributed by atoms with Crippen LogP contribution in [0.15, 0.2) is 29.2 Å². The van der Waals surface area contributed by atoms with Crippen molar-refractivity contribution in [3.05, 3.63) is 29.8 Å². The van der Waals surface area contributed by atoms with Crippen LogP contribution in [-0.4, -0.2) is 21.0 Å². The molecule has 0 unspecified atom stereocenters. The lowest BCUT2D eigenvalue weighted by atomic mass is 9.53. The number of primary sulfonamides is 1. The Morgan fingerprint density at radius 2 is 1.90 bits per heavy atom. The van der Waals surface area contributed by atoms with Crippen molar-refractivity contribution in [3.63, 3.8) is 0 Å². The molecule has 3 N–H and O–H groups in total. The van der Waals surface area contributed by atoms with Gasteiger partial charge in [-0.15, -0.1) is 0 Å². The maximum Gasteiger partial charge on any atom is 0.238 e. The first kappa shape index (κ1) is 14.0. The second-order valence-corrected chi connectivity index (χ2v) is 7.76. The van der Waals surface area contributed by atoms with E-state index in [4.69, 9.17) is 5.14 Å². The van der Waals surface area contributed by atoms with Gasteiger partial charge in [-0.3, -0.25) is 0 Å². The molecular weight excluding hydrogens is 272 g/mol. The van der Waals surface area contributed by atoms with E-state index in [9.17, 15) is 8.42 Å². The van der Waals surface area contributed by atoms with Crippen molar-refractivity contribution >= 4 is 10.0 Å². The third-order valence-corrected chi connectivity index (χ3v) is 6.00. The molecule has 0 heterocycles. The molecule has 0 radical (unpaired) electrons. The predicted molar refractivity (Wildman–Crippen MR) is 78.8 cm³/mol. The smallest absolute Gasteiger partial charge is 0.238 e. The summed E-state index contributed by atoms with van der Waals surface area (Å²) >= 11 is 0. The van der Waals surface area contributed by atoms with Gasteiger partial charge < -0.3 is 5.32 Å². The highest BCUT2D eigenvalue weighted by molar-refractivity contribution is 7.89. The number of nitrogens with two attached hydrogens (primary N) is 1. The summed E-state index contributed by atoms with van der Waals surface area (Å²) in [6.07, 6.45) is 7.82. The molecule has 3 rings (SSSR count). The van der Waals surface area contributed by atoms with E-state index < -0.39 is 10.0 Å². The SMILES string of the molecule is NS(=O)(=O)c1ccc(CCN[C@@H]2CCC23CCC3)cc1. The highest BCUT2D eigenvalue weighted by Gasteiger charge is 2.49. The summed E-state index contributed by atoms with van der Waals surface area (Å²) in [6, 6.07) is 7.57. The molecule has 2 fully saturated rings. The summed E-state index contributed by atoms with van der Waals surface area (Å²) in [7, 11) is -3.58. The average Bonchev–Trinajstić information content (AvgIpc) is 2.31. The van der Waals surface area contributed by atoms with Gasteiger partial charge >= 0.3 is 0 Å². The van der Waals surface area contributed by atoms with Crippen LogP contribution in [0.25, 0.3) is 0 Å². The van der Waals surface area contributed by atoms with Crippen LogP contribution in [0.5, 0.6) is 0 Å². The fraction of sp³-hybridized carbons (Fsp3) is 0.600. The van der Waals surface area contributed by atoms with Crippen LogP contribution in [0.1, 0.15) is 37.7 Å². The molecule has 2 aliphatic carbocycles. The number of hydrogen-bond acceptors (Lipinski definition) is 3. The standard InChI is InChI=1S/C15H22N2O2S/c16-20(18,19)13-4-2-12(3-5-13)7-11-17-14-6-10-15(14)8-1-9-15/h2-5,14,17H,1,6-11H2,(H2,16,18,19)/t14-/m1/s1. The van der Waals surface area contributed by atoms with Crippen LogP contribution < -0.4 is 10.5 Å². The lowest BCUT2D eigenvalue weighted by Crippen LogP contribution is -2.57. The zero-order valence-electron chi connectivity index (χ0n) is 11.6. The molecule has 5 heteroatoms. The number of sulfonamides is 1. The Morgan fingerprint density at radius 1 is 1.20 bits per heavy atom. The first-order valence-electron chi connectivity index (χ1n) is 7.35. The van der Waals surface area contributed by atoms with Crippen LogP contribution in [0.3, 0.4) is 0 Å². The first-order valence-corrected chi connectivity index (χ1v) is 8.89. The zero-order valence-corrected chi connectivity index (χ0v) is 12.5. The topological polar surface area (TPSA) is 72.2 Å². The van der Waals surface area contributed by atoms with Gasteiger partial charge in [0.25, 0.3) is 0 Å². The third-order valence-electron chi connectivity index (χ3n) is 5.08. The Morgan fingerprint density at radius 3 is 2.35 bits per heavy atom. The summed E-state index contributed by atoms with van der Waals surface area (Å²) in [4.78, 5) is 0.182.